The summed E-state index contributed by atoms with van der Waals surface area (Å²) in [5, 5.41) is 18.4. The predicted molar refractivity (Wildman–Crippen MR) is 105 cm³/mol. The molecule has 0 aliphatic carbocycles. The van der Waals surface area contributed by atoms with Crippen LogP contribution in [-0.4, -0.2) is 46.1 Å². The van der Waals surface area contributed by atoms with E-state index < -0.39 is 0 Å². The van der Waals surface area contributed by atoms with E-state index in [1.54, 1.807) is 30.5 Å². The summed E-state index contributed by atoms with van der Waals surface area (Å²) in [6.45, 7) is 3.85. The molecular formula is C20H19N5O2. The number of phenols is 1. The third kappa shape index (κ3) is 2.63. The fraction of sp³-hybridized carbons (Fsp3) is 0.200. The first-order valence-corrected chi connectivity index (χ1v) is 9.00. The average Bonchev–Trinajstić information content (AvgIpc) is 3.06. The fourth-order valence-electron chi connectivity index (χ4n) is 3.64. The number of rotatable bonds is 2. The molecule has 2 aromatic carbocycles. The monoisotopic (exact) mass is 361 g/mol. The smallest absolute Gasteiger partial charge is 0.282 e. The van der Waals surface area contributed by atoms with Crippen molar-refractivity contribution in [3.63, 3.8) is 0 Å². The lowest BCUT2D eigenvalue weighted by atomic mass is 10.1. The number of benzene rings is 2. The lowest BCUT2D eigenvalue weighted by Gasteiger charge is -2.29. The maximum Gasteiger partial charge on any atom is 0.282 e. The van der Waals surface area contributed by atoms with Gasteiger partial charge in [-0.1, -0.05) is 0 Å². The van der Waals surface area contributed by atoms with E-state index in [1.807, 2.05) is 6.07 Å². The third-order valence-corrected chi connectivity index (χ3v) is 5.08. The van der Waals surface area contributed by atoms with E-state index in [9.17, 15) is 9.90 Å². The Morgan fingerprint density at radius 2 is 1.74 bits per heavy atom. The molecule has 136 valence electrons. The van der Waals surface area contributed by atoms with E-state index in [4.69, 9.17) is 0 Å². The molecule has 0 amide bonds. The van der Waals surface area contributed by atoms with Crippen LogP contribution in [0, 0.1) is 0 Å². The number of nitrogens with zero attached hydrogens (tertiary/aromatic N) is 3. The molecule has 1 saturated heterocycles. The van der Waals surface area contributed by atoms with E-state index in [0.717, 1.165) is 42.8 Å². The summed E-state index contributed by atoms with van der Waals surface area (Å²) in [4.78, 5) is 18.4. The largest absolute Gasteiger partial charge is 0.508 e. The van der Waals surface area contributed by atoms with Crippen LogP contribution in [0.3, 0.4) is 0 Å². The summed E-state index contributed by atoms with van der Waals surface area (Å²) >= 11 is 0. The highest BCUT2D eigenvalue weighted by Gasteiger charge is 2.20. The zero-order valence-corrected chi connectivity index (χ0v) is 14.6. The van der Waals surface area contributed by atoms with Crippen molar-refractivity contribution in [2.24, 2.45) is 0 Å². The van der Waals surface area contributed by atoms with Gasteiger partial charge in [-0.05, 0) is 42.5 Å². The number of nitrogens with one attached hydrogen (secondary N) is 2. The molecule has 3 heterocycles. The number of fused-ring (bicyclic) bond motifs is 3. The normalized spacial score (nSPS) is 14.9. The molecule has 7 nitrogen and oxygen atoms in total. The van der Waals surface area contributed by atoms with E-state index in [0.29, 0.717) is 16.9 Å². The highest BCUT2D eigenvalue weighted by atomic mass is 16.3. The predicted octanol–water partition coefficient (Wildman–Crippen LogP) is 1.93. The van der Waals surface area contributed by atoms with Gasteiger partial charge in [0.1, 0.15) is 11.4 Å². The minimum absolute atomic E-state index is 0.155. The number of hydrogen-bond donors (Lipinski definition) is 3. The van der Waals surface area contributed by atoms with Crippen LogP contribution >= 0.6 is 0 Å². The standard InChI is InChI=1S/C20H19N5O2/c26-15-4-1-13(2-5-15)25-20(27)17-12-22-18-6-3-14(11-16(18)19(17)23-25)24-9-7-21-8-10-24/h1-6,11-12,21-22,26H,7-10H2. The zero-order valence-electron chi connectivity index (χ0n) is 14.6. The second kappa shape index (κ2) is 6.14. The van der Waals surface area contributed by atoms with Crippen LogP contribution < -0.4 is 15.8 Å². The van der Waals surface area contributed by atoms with Gasteiger partial charge in [0.2, 0.25) is 0 Å². The topological polar surface area (TPSA) is 86.2 Å². The van der Waals surface area contributed by atoms with Gasteiger partial charge in [-0.15, -0.1) is 0 Å². The number of aromatic nitrogens is 3. The first kappa shape index (κ1) is 15.9. The maximum absolute atomic E-state index is 12.8. The van der Waals surface area contributed by atoms with Crippen LogP contribution in [0.2, 0.25) is 0 Å². The molecule has 3 aliphatic heterocycles. The number of phenolic OH excluding ortho intramolecular Hbond substituents is 1. The lowest BCUT2D eigenvalue weighted by Crippen LogP contribution is -2.43. The molecule has 1 fully saturated rings. The molecule has 27 heavy (non-hydrogen) atoms. The molecule has 2 aromatic rings. The fourth-order valence-corrected chi connectivity index (χ4v) is 3.64. The number of piperazine rings is 1. The SMILES string of the molecule is O=c1c2c[nH]c3ccc(N4CCNCC4)cc3c-2nn1-c1ccc(O)cc1. The summed E-state index contributed by atoms with van der Waals surface area (Å²) in [7, 11) is 0. The molecule has 7 heteroatoms. The molecular weight excluding hydrogens is 342 g/mol. The number of anilines is 1. The number of H-pyrrole nitrogens is 1. The van der Waals surface area contributed by atoms with Crippen molar-refractivity contribution in [2.75, 3.05) is 31.1 Å². The number of pyridine rings is 1. The number of aromatic amines is 1. The second-order valence-electron chi connectivity index (χ2n) is 6.75. The van der Waals surface area contributed by atoms with Crippen molar-refractivity contribution in [3.8, 4) is 22.7 Å². The van der Waals surface area contributed by atoms with Crippen LogP contribution in [-0.2, 0) is 0 Å². The Hall–Kier alpha value is -3.32. The van der Waals surface area contributed by atoms with Crippen LogP contribution in [0.15, 0.2) is 53.5 Å². The van der Waals surface area contributed by atoms with Gasteiger partial charge in [-0.3, -0.25) is 4.79 Å². The Bertz CT molecular complexity index is 1140. The van der Waals surface area contributed by atoms with Gasteiger partial charge in [0.25, 0.3) is 5.56 Å². The summed E-state index contributed by atoms with van der Waals surface area (Å²) < 4.78 is 1.38. The van der Waals surface area contributed by atoms with Gasteiger partial charge in [0.05, 0.1) is 11.3 Å². The van der Waals surface area contributed by atoms with Crippen molar-refractivity contribution in [1.82, 2.24) is 20.1 Å². The van der Waals surface area contributed by atoms with Crippen molar-refractivity contribution in [2.45, 2.75) is 0 Å². The van der Waals surface area contributed by atoms with E-state index in [2.05, 4.69) is 32.4 Å². The molecule has 0 aromatic heterocycles. The van der Waals surface area contributed by atoms with Gasteiger partial charge in [0.15, 0.2) is 0 Å². The maximum atomic E-state index is 12.8. The van der Waals surface area contributed by atoms with E-state index in [1.165, 1.54) is 4.68 Å². The van der Waals surface area contributed by atoms with E-state index in [-0.39, 0.29) is 11.3 Å². The van der Waals surface area contributed by atoms with Crippen molar-refractivity contribution < 1.29 is 5.11 Å². The molecule has 0 atom stereocenters. The lowest BCUT2D eigenvalue weighted by molar-refractivity contribution is 0.475. The van der Waals surface area contributed by atoms with Crippen LogP contribution in [0.1, 0.15) is 0 Å². The van der Waals surface area contributed by atoms with Crippen molar-refractivity contribution in [1.29, 1.82) is 0 Å². The highest BCUT2D eigenvalue weighted by molar-refractivity contribution is 5.95. The van der Waals surface area contributed by atoms with Crippen molar-refractivity contribution >= 4 is 16.6 Å². The molecule has 0 radical (unpaired) electrons. The minimum atomic E-state index is -0.179. The molecule has 3 N–H and O–H groups in total. The van der Waals surface area contributed by atoms with Crippen LogP contribution in [0.4, 0.5) is 5.69 Å². The van der Waals surface area contributed by atoms with E-state index >= 15 is 0 Å². The third-order valence-electron chi connectivity index (χ3n) is 5.08. The Morgan fingerprint density at radius 3 is 2.52 bits per heavy atom. The summed E-state index contributed by atoms with van der Waals surface area (Å²) in [5.74, 6) is 0.155. The molecule has 0 unspecified atom stereocenters. The Kier molecular flexibility index (Phi) is 3.61. The minimum Gasteiger partial charge on any atom is -0.508 e. The Morgan fingerprint density at radius 1 is 1.00 bits per heavy atom. The average molecular weight is 361 g/mol. The van der Waals surface area contributed by atoms with Gasteiger partial charge >= 0.3 is 0 Å². The zero-order chi connectivity index (χ0) is 18.4. The molecule has 3 aliphatic rings. The van der Waals surface area contributed by atoms with Gasteiger partial charge in [-0.2, -0.15) is 9.78 Å². The Labute approximate surface area is 155 Å². The van der Waals surface area contributed by atoms with Crippen LogP contribution in [0.5, 0.6) is 5.75 Å². The van der Waals surface area contributed by atoms with Crippen LogP contribution in [0.25, 0.3) is 27.8 Å². The van der Waals surface area contributed by atoms with Gasteiger partial charge in [-0.25, -0.2) is 0 Å². The summed E-state index contributed by atoms with van der Waals surface area (Å²) in [6, 6.07) is 12.7. The molecule has 0 bridgehead atoms. The van der Waals surface area contributed by atoms with Crippen molar-refractivity contribution in [3.05, 3.63) is 59.0 Å². The van der Waals surface area contributed by atoms with Gasteiger partial charge < -0.3 is 20.3 Å². The summed E-state index contributed by atoms with van der Waals surface area (Å²) in [5.41, 5.74) is 3.75. The molecule has 5 rings (SSSR count). The quantitative estimate of drug-likeness (QED) is 0.508. The molecule has 0 saturated carbocycles. The first-order valence-electron chi connectivity index (χ1n) is 9.00. The number of hydrogen-bond acceptors (Lipinski definition) is 5. The second-order valence-corrected chi connectivity index (χ2v) is 6.75. The summed E-state index contributed by atoms with van der Waals surface area (Å²) in [6.07, 6.45) is 1.72. The molecule has 0 spiro atoms. The highest BCUT2D eigenvalue weighted by Crippen LogP contribution is 2.30. The first-order chi connectivity index (χ1) is 13.2. The Balaban J connectivity index is 1.68. The van der Waals surface area contributed by atoms with Gasteiger partial charge in [0, 0.05) is 49.0 Å². The number of aromatic hydroxyl groups is 1.